The molecule has 0 aliphatic carbocycles. The van der Waals surface area contributed by atoms with Crippen LogP contribution in [0.15, 0.2) is 29.3 Å². The second kappa shape index (κ2) is 11.2. The molecule has 1 saturated heterocycles. The molecule has 1 aromatic rings. The molecule has 5 heteroatoms. The predicted octanol–water partition coefficient (Wildman–Crippen LogP) is 2.42. The predicted molar refractivity (Wildman–Crippen MR) is 112 cm³/mol. The molecule has 146 valence electrons. The topological polar surface area (TPSA) is 34.1 Å². The van der Waals surface area contributed by atoms with Crippen molar-refractivity contribution >= 4 is 5.96 Å². The van der Waals surface area contributed by atoms with Gasteiger partial charge in [-0.05, 0) is 38.4 Å². The van der Waals surface area contributed by atoms with Gasteiger partial charge in [-0.15, -0.1) is 0 Å². The second-order valence-corrected chi connectivity index (χ2v) is 7.30. The maximum atomic E-state index is 4.42. The lowest BCUT2D eigenvalue weighted by Gasteiger charge is -2.34. The summed E-state index contributed by atoms with van der Waals surface area (Å²) in [6.45, 7) is 13.5. The van der Waals surface area contributed by atoms with Crippen molar-refractivity contribution in [3.8, 4) is 0 Å². The zero-order valence-corrected chi connectivity index (χ0v) is 17.2. The summed E-state index contributed by atoms with van der Waals surface area (Å²) in [5, 5.41) is 3.50. The van der Waals surface area contributed by atoms with Crippen LogP contribution in [0.4, 0.5) is 0 Å². The first-order valence-corrected chi connectivity index (χ1v) is 10.0. The first-order chi connectivity index (χ1) is 12.6. The summed E-state index contributed by atoms with van der Waals surface area (Å²) in [7, 11) is 3.96. The quantitative estimate of drug-likeness (QED) is 0.439. The third-order valence-electron chi connectivity index (χ3n) is 5.21. The van der Waals surface area contributed by atoms with Gasteiger partial charge in [0.15, 0.2) is 5.96 Å². The molecule has 0 atom stereocenters. The van der Waals surface area contributed by atoms with Crippen LogP contribution >= 0.6 is 0 Å². The zero-order chi connectivity index (χ0) is 18.8. The molecule has 0 spiro atoms. The van der Waals surface area contributed by atoms with Crippen LogP contribution in [-0.4, -0.2) is 80.6 Å². The Hall–Kier alpha value is -1.59. The molecular weight excluding hydrogens is 322 g/mol. The van der Waals surface area contributed by atoms with Gasteiger partial charge in [-0.3, -0.25) is 4.99 Å². The van der Waals surface area contributed by atoms with E-state index >= 15 is 0 Å². The molecule has 1 fully saturated rings. The standard InChI is InChI=1S/C21H37N5/c1-5-25-14-16-26(17-15-25)13-7-6-12-23-21(22-3)24(4)18-20-10-8-19(2)9-11-20/h8-11H,5-7,12-18H2,1-4H3,(H,22,23). The number of benzene rings is 1. The van der Waals surface area contributed by atoms with Crippen molar-refractivity contribution in [2.45, 2.75) is 33.2 Å². The van der Waals surface area contributed by atoms with E-state index in [1.165, 1.54) is 63.2 Å². The van der Waals surface area contributed by atoms with Crippen LogP contribution in [0, 0.1) is 6.92 Å². The molecule has 1 heterocycles. The van der Waals surface area contributed by atoms with Gasteiger partial charge in [-0.1, -0.05) is 36.8 Å². The molecule has 2 rings (SSSR count). The molecule has 0 saturated carbocycles. The molecule has 1 aromatic carbocycles. The minimum Gasteiger partial charge on any atom is -0.356 e. The van der Waals surface area contributed by atoms with Crippen LogP contribution < -0.4 is 5.32 Å². The highest BCUT2D eigenvalue weighted by molar-refractivity contribution is 5.79. The lowest BCUT2D eigenvalue weighted by Crippen LogP contribution is -2.46. The summed E-state index contributed by atoms with van der Waals surface area (Å²) in [5.74, 6) is 0.974. The minimum absolute atomic E-state index is 0.877. The van der Waals surface area contributed by atoms with Crippen molar-refractivity contribution < 1.29 is 0 Å². The monoisotopic (exact) mass is 359 g/mol. The summed E-state index contributed by atoms with van der Waals surface area (Å²) in [6, 6.07) is 8.72. The van der Waals surface area contributed by atoms with Gasteiger partial charge in [0.1, 0.15) is 0 Å². The Balaban J connectivity index is 1.61. The number of piperazine rings is 1. The number of unbranched alkanes of at least 4 members (excludes halogenated alkanes) is 1. The normalized spacial score (nSPS) is 16.7. The van der Waals surface area contributed by atoms with Crippen LogP contribution in [0.1, 0.15) is 30.9 Å². The lowest BCUT2D eigenvalue weighted by atomic mass is 10.1. The maximum absolute atomic E-state index is 4.42. The van der Waals surface area contributed by atoms with Gasteiger partial charge in [-0.2, -0.15) is 0 Å². The van der Waals surface area contributed by atoms with E-state index in [9.17, 15) is 0 Å². The number of rotatable bonds is 8. The molecular formula is C21H37N5. The van der Waals surface area contributed by atoms with E-state index in [1.807, 2.05) is 7.05 Å². The van der Waals surface area contributed by atoms with Gasteiger partial charge in [0.2, 0.25) is 0 Å². The summed E-state index contributed by atoms with van der Waals surface area (Å²) in [6.07, 6.45) is 2.43. The van der Waals surface area contributed by atoms with Gasteiger partial charge in [0.05, 0.1) is 0 Å². The number of guanidine groups is 1. The number of aliphatic imine (C=N–C) groups is 1. The average Bonchev–Trinajstić information content (AvgIpc) is 2.67. The molecule has 0 radical (unpaired) electrons. The third kappa shape index (κ3) is 6.96. The summed E-state index contributed by atoms with van der Waals surface area (Å²) in [5.41, 5.74) is 2.61. The molecule has 5 nitrogen and oxygen atoms in total. The first-order valence-electron chi connectivity index (χ1n) is 10.0. The van der Waals surface area contributed by atoms with Gasteiger partial charge >= 0.3 is 0 Å². The Labute approximate surface area is 160 Å². The Bertz CT molecular complexity index is 532. The SMILES string of the molecule is CCN1CCN(CCCCNC(=NC)N(C)Cc2ccc(C)cc2)CC1. The highest BCUT2D eigenvalue weighted by atomic mass is 15.3. The Morgan fingerprint density at radius 2 is 1.73 bits per heavy atom. The number of nitrogens with one attached hydrogen (secondary N) is 1. The van der Waals surface area contributed by atoms with Gasteiger partial charge in [-0.25, -0.2) is 0 Å². The molecule has 1 aliphatic rings. The molecule has 26 heavy (non-hydrogen) atoms. The van der Waals surface area contributed by atoms with Crippen LogP contribution in [0.2, 0.25) is 0 Å². The Morgan fingerprint density at radius 1 is 1.08 bits per heavy atom. The molecule has 0 bridgehead atoms. The van der Waals surface area contributed by atoms with Gasteiger partial charge in [0, 0.05) is 53.4 Å². The number of hydrogen-bond donors (Lipinski definition) is 1. The smallest absolute Gasteiger partial charge is 0.193 e. The van der Waals surface area contributed by atoms with Gasteiger partial charge < -0.3 is 20.0 Å². The van der Waals surface area contributed by atoms with Crippen molar-refractivity contribution in [3.63, 3.8) is 0 Å². The molecule has 1 N–H and O–H groups in total. The van der Waals surface area contributed by atoms with E-state index in [4.69, 9.17) is 0 Å². The summed E-state index contributed by atoms with van der Waals surface area (Å²) in [4.78, 5) is 11.7. The molecule has 0 unspecified atom stereocenters. The number of aryl methyl sites for hydroxylation is 1. The van der Waals surface area contributed by atoms with Crippen LogP contribution in [0.5, 0.6) is 0 Å². The fourth-order valence-corrected chi connectivity index (χ4v) is 3.42. The van der Waals surface area contributed by atoms with Crippen molar-refractivity contribution in [3.05, 3.63) is 35.4 Å². The second-order valence-electron chi connectivity index (χ2n) is 7.30. The zero-order valence-electron chi connectivity index (χ0n) is 17.2. The Kier molecular flexibility index (Phi) is 8.92. The van der Waals surface area contributed by atoms with E-state index in [0.717, 1.165) is 19.0 Å². The van der Waals surface area contributed by atoms with E-state index < -0.39 is 0 Å². The first kappa shape index (κ1) is 20.7. The molecule has 0 amide bonds. The highest BCUT2D eigenvalue weighted by Crippen LogP contribution is 2.06. The van der Waals surface area contributed by atoms with Gasteiger partial charge in [0.25, 0.3) is 0 Å². The molecule has 0 aromatic heterocycles. The van der Waals surface area contributed by atoms with Crippen molar-refractivity contribution in [2.24, 2.45) is 4.99 Å². The summed E-state index contributed by atoms with van der Waals surface area (Å²) < 4.78 is 0. The van der Waals surface area contributed by atoms with Crippen LogP contribution in [0.3, 0.4) is 0 Å². The fraction of sp³-hybridized carbons (Fsp3) is 0.667. The maximum Gasteiger partial charge on any atom is 0.193 e. The number of hydrogen-bond acceptors (Lipinski definition) is 3. The summed E-state index contributed by atoms with van der Waals surface area (Å²) >= 11 is 0. The number of likely N-dealkylation sites (N-methyl/N-ethyl adjacent to an activating group) is 1. The van der Waals surface area contributed by atoms with Crippen molar-refractivity contribution in [1.82, 2.24) is 20.0 Å². The molecule has 1 aliphatic heterocycles. The van der Waals surface area contributed by atoms with Crippen LogP contribution in [-0.2, 0) is 6.54 Å². The van der Waals surface area contributed by atoms with Crippen LogP contribution in [0.25, 0.3) is 0 Å². The fourth-order valence-electron chi connectivity index (χ4n) is 3.42. The Morgan fingerprint density at radius 3 is 2.35 bits per heavy atom. The van der Waals surface area contributed by atoms with E-state index in [-0.39, 0.29) is 0 Å². The van der Waals surface area contributed by atoms with E-state index in [2.05, 4.69) is 70.2 Å². The van der Waals surface area contributed by atoms with E-state index in [1.54, 1.807) is 0 Å². The van der Waals surface area contributed by atoms with Crippen molar-refractivity contribution in [1.29, 1.82) is 0 Å². The average molecular weight is 360 g/mol. The largest absolute Gasteiger partial charge is 0.356 e. The van der Waals surface area contributed by atoms with Crippen molar-refractivity contribution in [2.75, 3.05) is 59.9 Å². The highest BCUT2D eigenvalue weighted by Gasteiger charge is 2.14. The lowest BCUT2D eigenvalue weighted by molar-refractivity contribution is 0.136. The van der Waals surface area contributed by atoms with E-state index in [0.29, 0.717) is 0 Å². The minimum atomic E-state index is 0.877. The third-order valence-corrected chi connectivity index (χ3v) is 5.21. The number of nitrogens with zero attached hydrogens (tertiary/aromatic N) is 4.